The van der Waals surface area contributed by atoms with Crippen molar-refractivity contribution in [1.82, 2.24) is 15.0 Å². The Bertz CT molecular complexity index is 860. The molecule has 4 nitrogen and oxygen atoms in total. The molecule has 0 bridgehead atoms. The Hall–Kier alpha value is -1.75. The standard InChI is InChI=1S/C16H13Cl2N3O/c1-16(2,22)11-5-6-19-13-4-3-9(7-10(11)13)14-12(17)8-20-15(18)21-14/h3-8,22H,1-2H3. The van der Waals surface area contributed by atoms with E-state index < -0.39 is 5.60 Å². The predicted molar refractivity (Wildman–Crippen MR) is 88.0 cm³/mol. The van der Waals surface area contributed by atoms with Gasteiger partial charge >= 0.3 is 0 Å². The van der Waals surface area contributed by atoms with Gasteiger partial charge in [-0.25, -0.2) is 9.97 Å². The average Bonchev–Trinajstić information content (AvgIpc) is 2.47. The van der Waals surface area contributed by atoms with Crippen molar-refractivity contribution in [2.45, 2.75) is 19.4 Å². The summed E-state index contributed by atoms with van der Waals surface area (Å²) in [5.74, 6) is 0. The third kappa shape index (κ3) is 2.77. The van der Waals surface area contributed by atoms with E-state index in [-0.39, 0.29) is 5.28 Å². The van der Waals surface area contributed by atoms with Crippen molar-refractivity contribution < 1.29 is 5.11 Å². The molecule has 0 aliphatic heterocycles. The fraction of sp³-hybridized carbons (Fsp3) is 0.188. The zero-order valence-electron chi connectivity index (χ0n) is 12.0. The molecule has 0 radical (unpaired) electrons. The molecule has 0 spiro atoms. The minimum absolute atomic E-state index is 0.133. The first-order valence-corrected chi connectivity index (χ1v) is 7.42. The van der Waals surface area contributed by atoms with Crippen LogP contribution in [0.1, 0.15) is 19.4 Å². The summed E-state index contributed by atoms with van der Waals surface area (Å²) < 4.78 is 0. The minimum atomic E-state index is -0.979. The maximum Gasteiger partial charge on any atom is 0.222 e. The van der Waals surface area contributed by atoms with Gasteiger partial charge in [-0.2, -0.15) is 0 Å². The minimum Gasteiger partial charge on any atom is -0.386 e. The Kier molecular flexibility index (Phi) is 3.77. The van der Waals surface area contributed by atoms with E-state index in [9.17, 15) is 5.11 Å². The largest absolute Gasteiger partial charge is 0.386 e. The highest BCUT2D eigenvalue weighted by Gasteiger charge is 2.20. The number of hydrogen-bond acceptors (Lipinski definition) is 4. The topological polar surface area (TPSA) is 58.9 Å². The van der Waals surface area contributed by atoms with E-state index in [2.05, 4.69) is 15.0 Å². The zero-order chi connectivity index (χ0) is 15.9. The highest BCUT2D eigenvalue weighted by Crippen LogP contribution is 2.32. The molecule has 22 heavy (non-hydrogen) atoms. The fourth-order valence-corrected chi connectivity index (χ4v) is 2.71. The van der Waals surface area contributed by atoms with Crippen LogP contribution in [0.15, 0.2) is 36.7 Å². The molecule has 3 aromatic rings. The molecule has 1 aromatic carbocycles. The van der Waals surface area contributed by atoms with E-state index in [1.807, 2.05) is 18.2 Å². The first kappa shape index (κ1) is 15.2. The first-order chi connectivity index (χ1) is 10.4. The molecule has 0 amide bonds. The quantitative estimate of drug-likeness (QED) is 0.713. The Morgan fingerprint density at radius 2 is 1.86 bits per heavy atom. The van der Waals surface area contributed by atoms with E-state index in [4.69, 9.17) is 23.2 Å². The maximum atomic E-state index is 10.3. The molecule has 1 N–H and O–H groups in total. The molecule has 0 saturated carbocycles. The van der Waals surface area contributed by atoms with E-state index in [1.54, 1.807) is 26.1 Å². The molecule has 112 valence electrons. The summed E-state index contributed by atoms with van der Waals surface area (Å²) in [7, 11) is 0. The van der Waals surface area contributed by atoms with Crippen molar-refractivity contribution in [1.29, 1.82) is 0 Å². The number of fused-ring (bicyclic) bond motifs is 1. The van der Waals surface area contributed by atoms with Gasteiger partial charge in [-0.05, 0) is 49.2 Å². The molecule has 2 aromatic heterocycles. The van der Waals surface area contributed by atoms with Crippen LogP contribution in [0.25, 0.3) is 22.2 Å². The highest BCUT2D eigenvalue weighted by atomic mass is 35.5. The predicted octanol–water partition coefficient (Wildman–Crippen LogP) is 4.23. The normalized spacial score (nSPS) is 11.9. The number of halogens is 2. The second-order valence-electron chi connectivity index (χ2n) is 5.49. The van der Waals surface area contributed by atoms with E-state index in [1.165, 1.54) is 6.20 Å². The monoisotopic (exact) mass is 333 g/mol. The molecule has 0 atom stereocenters. The molecule has 0 fully saturated rings. The fourth-order valence-electron chi connectivity index (χ4n) is 2.38. The Labute approximate surface area is 137 Å². The van der Waals surface area contributed by atoms with Gasteiger partial charge in [0.25, 0.3) is 0 Å². The van der Waals surface area contributed by atoms with Gasteiger partial charge in [-0.1, -0.05) is 17.7 Å². The van der Waals surface area contributed by atoms with Crippen molar-refractivity contribution in [2.75, 3.05) is 0 Å². The van der Waals surface area contributed by atoms with E-state index >= 15 is 0 Å². The molecule has 3 rings (SSSR count). The maximum absolute atomic E-state index is 10.3. The van der Waals surface area contributed by atoms with Crippen LogP contribution in [0.2, 0.25) is 10.3 Å². The van der Waals surface area contributed by atoms with Crippen LogP contribution >= 0.6 is 23.2 Å². The number of hydrogen-bond donors (Lipinski definition) is 1. The SMILES string of the molecule is CC(C)(O)c1ccnc2ccc(-c3nc(Cl)ncc3Cl)cc12. The van der Waals surface area contributed by atoms with Gasteiger partial charge in [0.2, 0.25) is 5.28 Å². The molecule has 0 aliphatic carbocycles. The van der Waals surface area contributed by atoms with Crippen LogP contribution in [0.4, 0.5) is 0 Å². The lowest BCUT2D eigenvalue weighted by Gasteiger charge is -2.20. The first-order valence-electron chi connectivity index (χ1n) is 6.66. The van der Waals surface area contributed by atoms with Gasteiger partial charge in [0.1, 0.15) is 0 Å². The van der Waals surface area contributed by atoms with Crippen molar-refractivity contribution >= 4 is 34.1 Å². The number of nitrogens with zero attached hydrogens (tertiary/aromatic N) is 3. The van der Waals surface area contributed by atoms with Crippen molar-refractivity contribution in [2.24, 2.45) is 0 Å². The van der Waals surface area contributed by atoms with Gasteiger partial charge in [0, 0.05) is 17.1 Å². The third-order valence-corrected chi connectivity index (χ3v) is 3.85. The third-order valence-electron chi connectivity index (χ3n) is 3.39. The Morgan fingerprint density at radius 3 is 2.59 bits per heavy atom. The van der Waals surface area contributed by atoms with Crippen LogP contribution in [-0.2, 0) is 5.60 Å². The summed E-state index contributed by atoms with van der Waals surface area (Å²) >= 11 is 12.0. The van der Waals surface area contributed by atoms with Crippen LogP contribution in [0.5, 0.6) is 0 Å². The molecule has 0 unspecified atom stereocenters. The lowest BCUT2D eigenvalue weighted by Crippen LogP contribution is -2.16. The number of aliphatic hydroxyl groups is 1. The summed E-state index contributed by atoms with van der Waals surface area (Å²) in [5.41, 5.74) is 1.94. The zero-order valence-corrected chi connectivity index (χ0v) is 13.5. The second-order valence-corrected chi connectivity index (χ2v) is 6.23. The Morgan fingerprint density at radius 1 is 1.09 bits per heavy atom. The van der Waals surface area contributed by atoms with Gasteiger partial charge in [-0.15, -0.1) is 0 Å². The lowest BCUT2D eigenvalue weighted by atomic mass is 9.93. The summed E-state index contributed by atoms with van der Waals surface area (Å²) in [6, 6.07) is 7.45. The summed E-state index contributed by atoms with van der Waals surface area (Å²) in [6.45, 7) is 3.48. The van der Waals surface area contributed by atoms with Crippen molar-refractivity contribution in [3.63, 3.8) is 0 Å². The molecule has 0 saturated heterocycles. The average molecular weight is 334 g/mol. The van der Waals surface area contributed by atoms with E-state index in [0.717, 1.165) is 22.0 Å². The summed E-state index contributed by atoms with van der Waals surface area (Å²) in [5, 5.41) is 11.7. The number of aromatic nitrogens is 3. The van der Waals surface area contributed by atoms with Gasteiger partial charge in [0.05, 0.1) is 28.0 Å². The van der Waals surface area contributed by atoms with Crippen LogP contribution in [0, 0.1) is 0 Å². The van der Waals surface area contributed by atoms with Gasteiger partial charge in [0.15, 0.2) is 0 Å². The smallest absolute Gasteiger partial charge is 0.222 e. The number of pyridine rings is 1. The van der Waals surface area contributed by atoms with Crippen molar-refractivity contribution in [3.8, 4) is 11.3 Å². The second kappa shape index (κ2) is 5.47. The highest BCUT2D eigenvalue weighted by molar-refractivity contribution is 6.33. The summed E-state index contributed by atoms with van der Waals surface area (Å²) in [4.78, 5) is 12.4. The molecule has 2 heterocycles. The van der Waals surface area contributed by atoms with E-state index in [0.29, 0.717) is 10.7 Å². The molecular weight excluding hydrogens is 321 g/mol. The summed E-state index contributed by atoms with van der Waals surface area (Å²) in [6.07, 6.45) is 3.15. The number of rotatable bonds is 2. The molecular formula is C16H13Cl2N3O. The van der Waals surface area contributed by atoms with Crippen LogP contribution in [0.3, 0.4) is 0 Å². The van der Waals surface area contributed by atoms with Gasteiger partial charge < -0.3 is 5.11 Å². The molecule has 6 heteroatoms. The van der Waals surface area contributed by atoms with Gasteiger partial charge in [-0.3, -0.25) is 4.98 Å². The molecule has 0 aliphatic rings. The number of benzene rings is 1. The van der Waals surface area contributed by atoms with Crippen LogP contribution < -0.4 is 0 Å². The van der Waals surface area contributed by atoms with Crippen LogP contribution in [-0.4, -0.2) is 20.1 Å². The Balaban J connectivity index is 2.27. The van der Waals surface area contributed by atoms with Crippen molar-refractivity contribution in [3.05, 3.63) is 52.5 Å². The lowest BCUT2D eigenvalue weighted by molar-refractivity contribution is 0.0801.